The van der Waals surface area contributed by atoms with E-state index in [1.54, 1.807) is 0 Å². The summed E-state index contributed by atoms with van der Waals surface area (Å²) in [5.41, 5.74) is 28.3. The number of allylic oxidation sites excluding steroid dienone is 6. The van der Waals surface area contributed by atoms with Crippen LogP contribution in [0.5, 0.6) is 0 Å². The van der Waals surface area contributed by atoms with Gasteiger partial charge < -0.3 is 0 Å². The van der Waals surface area contributed by atoms with E-state index in [0.717, 1.165) is 23.1 Å². The van der Waals surface area contributed by atoms with E-state index in [0.29, 0.717) is 0 Å². The minimum Gasteiger partial charge on any atom is -0.0955 e. The van der Waals surface area contributed by atoms with Crippen LogP contribution in [0.25, 0.3) is 93.9 Å². The second kappa shape index (κ2) is 15.9. The molecule has 0 saturated carbocycles. The van der Waals surface area contributed by atoms with Gasteiger partial charge in [0.15, 0.2) is 0 Å². The fourth-order valence-corrected chi connectivity index (χ4v) is 14.3. The molecule has 0 bridgehead atoms. The van der Waals surface area contributed by atoms with Crippen molar-refractivity contribution in [2.45, 2.75) is 24.2 Å². The Morgan fingerprint density at radius 1 is 0.351 bits per heavy atom. The highest BCUT2D eigenvalue weighted by atomic mass is 14.5. The lowest BCUT2D eigenvalue weighted by Gasteiger charge is -2.31. The summed E-state index contributed by atoms with van der Waals surface area (Å²) in [6.45, 7) is 11.0. The summed E-state index contributed by atoms with van der Waals surface area (Å²) in [6.07, 6.45) is 9.24. The van der Waals surface area contributed by atoms with Crippen LogP contribution in [0.15, 0.2) is 267 Å². The fraction of sp³-hybridized carbons (Fsp3) is 0.0541. The molecule has 0 radical (unpaired) electrons. The van der Waals surface area contributed by atoms with E-state index < -0.39 is 10.8 Å². The molecule has 2 spiro atoms. The molecule has 11 aromatic rings. The lowest BCUT2D eigenvalue weighted by atomic mass is 9.70. The normalized spacial score (nSPS) is 14.3. The molecule has 4 aliphatic carbocycles. The molecule has 74 heavy (non-hydrogen) atoms. The van der Waals surface area contributed by atoms with Gasteiger partial charge in [0.2, 0.25) is 0 Å². The first kappa shape index (κ1) is 42.6. The smallest absolute Gasteiger partial charge is 0.0725 e. The molecule has 0 heterocycles. The van der Waals surface area contributed by atoms with Crippen LogP contribution in [-0.2, 0) is 10.8 Å². The van der Waals surface area contributed by atoms with Gasteiger partial charge in [-0.05, 0) is 175 Å². The van der Waals surface area contributed by atoms with Crippen LogP contribution in [0, 0.1) is 0 Å². The Bertz CT molecular complexity index is 4210. The van der Waals surface area contributed by atoms with E-state index in [-0.39, 0.29) is 0 Å². The summed E-state index contributed by atoms with van der Waals surface area (Å²) in [5.74, 6) is 0. The first-order valence-electron chi connectivity index (χ1n) is 26.0. The second-order valence-corrected chi connectivity index (χ2v) is 20.6. The summed E-state index contributed by atoms with van der Waals surface area (Å²) < 4.78 is 0. The molecule has 0 fully saturated rings. The predicted octanol–water partition coefficient (Wildman–Crippen LogP) is 19.1. The Labute approximate surface area is 433 Å². The predicted molar refractivity (Wildman–Crippen MR) is 312 cm³/mol. The molecule has 0 N–H and O–H groups in total. The molecule has 15 rings (SSSR count). The molecule has 0 atom stereocenters. The molecule has 0 heteroatoms. The highest BCUT2D eigenvalue weighted by molar-refractivity contribution is 6.22. The molecular formula is C74H50. The van der Waals surface area contributed by atoms with Crippen molar-refractivity contribution in [3.63, 3.8) is 0 Å². The van der Waals surface area contributed by atoms with Crippen LogP contribution in [0.4, 0.5) is 0 Å². The number of rotatable bonds is 7. The van der Waals surface area contributed by atoms with E-state index in [1.165, 1.54) is 133 Å². The monoisotopic (exact) mass is 938 g/mol. The number of benzene rings is 11. The van der Waals surface area contributed by atoms with Crippen LogP contribution in [0.2, 0.25) is 0 Å². The summed E-state index contributed by atoms with van der Waals surface area (Å²) >= 11 is 0. The van der Waals surface area contributed by atoms with Crippen molar-refractivity contribution in [1.29, 1.82) is 0 Å². The molecule has 0 nitrogen and oxygen atoms in total. The molecule has 0 amide bonds. The summed E-state index contributed by atoms with van der Waals surface area (Å²) in [4.78, 5) is 0. The largest absolute Gasteiger partial charge is 0.0955 e. The summed E-state index contributed by atoms with van der Waals surface area (Å²) in [6, 6.07) is 85.6. The van der Waals surface area contributed by atoms with Crippen molar-refractivity contribution in [1.82, 2.24) is 0 Å². The number of fused-ring (bicyclic) bond motifs is 22. The van der Waals surface area contributed by atoms with Crippen molar-refractivity contribution in [2.24, 2.45) is 0 Å². The van der Waals surface area contributed by atoms with Crippen molar-refractivity contribution in [3.05, 3.63) is 318 Å². The van der Waals surface area contributed by atoms with Gasteiger partial charge in [0.1, 0.15) is 0 Å². The quantitative estimate of drug-likeness (QED) is 0.110. The maximum absolute atomic E-state index is 4.68. The van der Waals surface area contributed by atoms with E-state index >= 15 is 0 Å². The van der Waals surface area contributed by atoms with Crippen molar-refractivity contribution < 1.29 is 0 Å². The third kappa shape index (κ3) is 5.58. The lowest BCUT2D eigenvalue weighted by Crippen LogP contribution is -2.25. The van der Waals surface area contributed by atoms with Gasteiger partial charge in [0.05, 0.1) is 10.8 Å². The van der Waals surface area contributed by atoms with E-state index in [9.17, 15) is 0 Å². The molecule has 11 aromatic carbocycles. The first-order chi connectivity index (χ1) is 36.5. The van der Waals surface area contributed by atoms with Gasteiger partial charge in [0.25, 0.3) is 0 Å². The van der Waals surface area contributed by atoms with Crippen molar-refractivity contribution in [3.8, 4) is 66.8 Å². The Balaban J connectivity index is 1.00. The molecule has 0 aliphatic heterocycles. The maximum Gasteiger partial charge on any atom is 0.0725 e. The van der Waals surface area contributed by atoms with Gasteiger partial charge in [-0.3, -0.25) is 0 Å². The first-order valence-corrected chi connectivity index (χ1v) is 26.0. The SMILES string of the molecule is C=C(/C=C\C)C/C=C\C(=C)c1ccc2c(-c3ccc4c(c3)C3(c5ccccc5-c5ccccc53)c3ccccc3-4)c3ccccc3c(-c3ccc4c(c3)C3(c5ccccc5-c5ccccc53)c3ccccc3-4)c2c1. The summed E-state index contributed by atoms with van der Waals surface area (Å²) in [5, 5.41) is 4.88. The minimum absolute atomic E-state index is 0.453. The van der Waals surface area contributed by atoms with E-state index in [1.807, 2.05) is 13.0 Å². The van der Waals surface area contributed by atoms with E-state index in [2.05, 4.69) is 256 Å². The maximum atomic E-state index is 4.68. The van der Waals surface area contributed by atoms with E-state index in [4.69, 9.17) is 0 Å². The molecule has 0 unspecified atom stereocenters. The van der Waals surface area contributed by atoms with Crippen LogP contribution in [0.3, 0.4) is 0 Å². The molecule has 0 saturated heterocycles. The van der Waals surface area contributed by atoms with Gasteiger partial charge in [-0.2, -0.15) is 0 Å². The zero-order chi connectivity index (χ0) is 49.3. The third-order valence-corrected chi connectivity index (χ3v) is 17.1. The lowest BCUT2D eigenvalue weighted by molar-refractivity contribution is 0.794. The second-order valence-electron chi connectivity index (χ2n) is 20.6. The Morgan fingerprint density at radius 3 is 1.11 bits per heavy atom. The van der Waals surface area contributed by atoms with Crippen molar-refractivity contribution in [2.75, 3.05) is 0 Å². The van der Waals surface area contributed by atoms with Gasteiger partial charge in [-0.25, -0.2) is 0 Å². The highest BCUT2D eigenvalue weighted by Crippen LogP contribution is 2.65. The topological polar surface area (TPSA) is 0 Å². The average molecular weight is 939 g/mol. The minimum atomic E-state index is -0.461. The van der Waals surface area contributed by atoms with Gasteiger partial charge in [0, 0.05) is 0 Å². The zero-order valence-corrected chi connectivity index (χ0v) is 41.3. The average Bonchev–Trinajstić information content (AvgIpc) is 4.29. The number of hydrogen-bond acceptors (Lipinski definition) is 0. The van der Waals surface area contributed by atoms with Crippen LogP contribution in [0.1, 0.15) is 63.4 Å². The third-order valence-electron chi connectivity index (χ3n) is 17.1. The van der Waals surface area contributed by atoms with Crippen molar-refractivity contribution >= 4 is 27.1 Å². The van der Waals surface area contributed by atoms with Gasteiger partial charge >= 0.3 is 0 Å². The Morgan fingerprint density at radius 2 is 0.703 bits per heavy atom. The molecular weight excluding hydrogens is 889 g/mol. The Kier molecular flexibility index (Phi) is 9.18. The highest BCUT2D eigenvalue weighted by Gasteiger charge is 2.53. The van der Waals surface area contributed by atoms with Gasteiger partial charge in [-0.1, -0.05) is 249 Å². The molecule has 4 aliphatic rings. The summed E-state index contributed by atoms with van der Waals surface area (Å²) in [7, 11) is 0. The zero-order valence-electron chi connectivity index (χ0n) is 41.3. The van der Waals surface area contributed by atoms with Crippen LogP contribution in [-0.4, -0.2) is 0 Å². The van der Waals surface area contributed by atoms with Crippen LogP contribution >= 0.6 is 0 Å². The number of hydrogen-bond donors (Lipinski definition) is 0. The fourth-order valence-electron chi connectivity index (χ4n) is 14.3. The molecule has 0 aromatic heterocycles. The van der Waals surface area contributed by atoms with Crippen LogP contribution < -0.4 is 0 Å². The molecule has 346 valence electrons. The Hall–Kier alpha value is -9.10. The standard InChI is InChI=1S/C74H50/c1-4-20-46(2)21-19-22-47(3)48-37-42-61-62(43-48)72(50-39-41-58-56-28-12-18-36-68(56)74(70(58)45-50)65-33-15-9-25-53(65)54-26-10-16-34-66(54)74)60-30-6-5-29-59(60)71(61)49-38-40-57-55-27-11-17-35-67(55)73(69(57)44-49)63-31-13-7-23-51(63)52-24-8-14-32-64(52)73/h4-20,22-45H,2-3,21H2,1H3/b20-4-,22-19-. The van der Waals surface area contributed by atoms with Gasteiger partial charge in [-0.15, -0.1) is 0 Å².